The van der Waals surface area contributed by atoms with Gasteiger partial charge in [0.25, 0.3) is 0 Å². The SMILES string of the molecule is CCCNCCNC(=O)CCNS(=O)(=O)c1ccc(C)c(C)c1.Cl. The van der Waals surface area contributed by atoms with Gasteiger partial charge in [-0.3, -0.25) is 4.79 Å². The molecule has 0 unspecified atom stereocenters. The van der Waals surface area contributed by atoms with Crippen LogP contribution in [0.3, 0.4) is 0 Å². The van der Waals surface area contributed by atoms with E-state index in [1.807, 2.05) is 13.8 Å². The zero-order valence-corrected chi connectivity index (χ0v) is 16.1. The van der Waals surface area contributed by atoms with Crippen molar-refractivity contribution in [3.63, 3.8) is 0 Å². The monoisotopic (exact) mass is 377 g/mol. The van der Waals surface area contributed by atoms with Crippen molar-refractivity contribution < 1.29 is 13.2 Å². The van der Waals surface area contributed by atoms with Crippen LogP contribution in [0, 0.1) is 13.8 Å². The van der Waals surface area contributed by atoms with Gasteiger partial charge in [0.05, 0.1) is 4.90 Å². The predicted molar refractivity (Wildman–Crippen MR) is 99.1 cm³/mol. The van der Waals surface area contributed by atoms with Crippen molar-refractivity contribution in [1.29, 1.82) is 0 Å². The molecule has 0 bridgehead atoms. The van der Waals surface area contributed by atoms with E-state index in [0.717, 1.165) is 24.1 Å². The molecule has 0 saturated carbocycles. The van der Waals surface area contributed by atoms with E-state index in [4.69, 9.17) is 0 Å². The number of benzene rings is 1. The van der Waals surface area contributed by atoms with Crippen molar-refractivity contribution in [2.45, 2.75) is 38.5 Å². The minimum Gasteiger partial charge on any atom is -0.355 e. The molecule has 0 aliphatic heterocycles. The van der Waals surface area contributed by atoms with E-state index < -0.39 is 10.0 Å². The number of carbonyl (C=O) groups excluding carboxylic acids is 1. The second kappa shape index (κ2) is 11.4. The number of halogens is 1. The van der Waals surface area contributed by atoms with Crippen LogP contribution in [0.1, 0.15) is 30.9 Å². The molecule has 138 valence electrons. The lowest BCUT2D eigenvalue weighted by Gasteiger charge is -2.09. The van der Waals surface area contributed by atoms with Gasteiger partial charge in [-0.05, 0) is 50.1 Å². The molecule has 0 aliphatic carbocycles. The average molecular weight is 378 g/mol. The highest BCUT2D eigenvalue weighted by Crippen LogP contribution is 2.14. The number of nitrogens with one attached hydrogen (secondary N) is 3. The molecule has 24 heavy (non-hydrogen) atoms. The molecule has 1 aromatic rings. The summed E-state index contributed by atoms with van der Waals surface area (Å²) in [7, 11) is -3.57. The first-order valence-corrected chi connectivity index (χ1v) is 9.39. The summed E-state index contributed by atoms with van der Waals surface area (Å²) < 4.78 is 26.8. The fourth-order valence-corrected chi connectivity index (χ4v) is 3.06. The Hall–Kier alpha value is -1.15. The fourth-order valence-electron chi connectivity index (χ4n) is 1.94. The Morgan fingerprint density at radius 1 is 1.04 bits per heavy atom. The Morgan fingerprint density at radius 3 is 2.38 bits per heavy atom. The molecule has 0 heterocycles. The van der Waals surface area contributed by atoms with Crippen LogP contribution in [0.2, 0.25) is 0 Å². The Labute approximate surface area is 151 Å². The van der Waals surface area contributed by atoms with Crippen LogP contribution in [0.25, 0.3) is 0 Å². The van der Waals surface area contributed by atoms with Gasteiger partial charge in [-0.2, -0.15) is 0 Å². The zero-order valence-electron chi connectivity index (χ0n) is 14.5. The van der Waals surface area contributed by atoms with Gasteiger partial charge in [0, 0.05) is 26.1 Å². The van der Waals surface area contributed by atoms with Gasteiger partial charge >= 0.3 is 0 Å². The summed E-state index contributed by atoms with van der Waals surface area (Å²) in [5.41, 5.74) is 1.96. The minimum absolute atomic E-state index is 0. The van der Waals surface area contributed by atoms with Crippen molar-refractivity contribution in [2.24, 2.45) is 0 Å². The van der Waals surface area contributed by atoms with Gasteiger partial charge in [-0.1, -0.05) is 13.0 Å². The maximum absolute atomic E-state index is 12.2. The van der Waals surface area contributed by atoms with E-state index >= 15 is 0 Å². The first kappa shape index (κ1) is 22.9. The molecule has 3 N–H and O–H groups in total. The standard InChI is InChI=1S/C16H27N3O3S.ClH/c1-4-8-17-10-11-18-16(20)7-9-19-23(21,22)15-6-5-13(2)14(3)12-15;/h5-6,12,17,19H,4,7-11H2,1-3H3,(H,18,20);1H. The lowest BCUT2D eigenvalue weighted by Crippen LogP contribution is -2.34. The lowest BCUT2D eigenvalue weighted by atomic mass is 10.1. The number of hydrogen-bond acceptors (Lipinski definition) is 4. The molecule has 0 radical (unpaired) electrons. The highest BCUT2D eigenvalue weighted by molar-refractivity contribution is 7.89. The normalized spacial score (nSPS) is 11.0. The number of aryl methyl sites for hydroxylation is 2. The van der Waals surface area contributed by atoms with Crippen molar-refractivity contribution >= 4 is 28.3 Å². The van der Waals surface area contributed by atoms with Gasteiger partial charge in [0.2, 0.25) is 15.9 Å². The molecule has 1 amide bonds. The Balaban J connectivity index is 0.00000529. The van der Waals surface area contributed by atoms with Crippen LogP contribution >= 0.6 is 12.4 Å². The number of rotatable bonds is 10. The molecule has 0 aliphatic rings. The molecule has 6 nitrogen and oxygen atoms in total. The third-order valence-corrected chi connectivity index (χ3v) is 4.94. The topological polar surface area (TPSA) is 87.3 Å². The van der Waals surface area contributed by atoms with Gasteiger partial charge in [0.1, 0.15) is 0 Å². The maximum Gasteiger partial charge on any atom is 0.240 e. The Kier molecular flexibility index (Phi) is 10.9. The van der Waals surface area contributed by atoms with Crippen LogP contribution in [0.5, 0.6) is 0 Å². The summed E-state index contributed by atoms with van der Waals surface area (Å²) in [6.07, 6.45) is 1.17. The quantitative estimate of drug-likeness (QED) is 0.539. The van der Waals surface area contributed by atoms with Gasteiger partial charge in [-0.15, -0.1) is 12.4 Å². The largest absolute Gasteiger partial charge is 0.355 e. The smallest absolute Gasteiger partial charge is 0.240 e. The van der Waals surface area contributed by atoms with Crippen LogP contribution in [-0.4, -0.2) is 40.5 Å². The highest BCUT2D eigenvalue weighted by atomic mass is 35.5. The van der Waals surface area contributed by atoms with Crippen molar-refractivity contribution in [2.75, 3.05) is 26.2 Å². The van der Waals surface area contributed by atoms with Gasteiger partial charge in [0.15, 0.2) is 0 Å². The van der Waals surface area contributed by atoms with E-state index in [1.54, 1.807) is 18.2 Å². The third kappa shape index (κ3) is 8.10. The van der Waals surface area contributed by atoms with Crippen molar-refractivity contribution in [3.05, 3.63) is 29.3 Å². The summed E-state index contributed by atoms with van der Waals surface area (Å²) in [6, 6.07) is 4.99. The van der Waals surface area contributed by atoms with Gasteiger partial charge in [-0.25, -0.2) is 13.1 Å². The number of carbonyl (C=O) groups is 1. The van der Waals surface area contributed by atoms with Crippen molar-refractivity contribution in [3.8, 4) is 0 Å². The van der Waals surface area contributed by atoms with E-state index in [0.29, 0.717) is 13.1 Å². The van der Waals surface area contributed by atoms with E-state index in [9.17, 15) is 13.2 Å². The average Bonchev–Trinajstić information content (AvgIpc) is 2.49. The summed E-state index contributed by atoms with van der Waals surface area (Å²) >= 11 is 0. The van der Waals surface area contributed by atoms with Crippen LogP contribution in [-0.2, 0) is 14.8 Å². The van der Waals surface area contributed by atoms with Crippen LogP contribution in [0.15, 0.2) is 23.1 Å². The number of hydrogen-bond donors (Lipinski definition) is 3. The van der Waals surface area contributed by atoms with Crippen LogP contribution < -0.4 is 15.4 Å². The van der Waals surface area contributed by atoms with Gasteiger partial charge < -0.3 is 10.6 Å². The number of sulfonamides is 1. The molecular formula is C16H28ClN3O3S. The second-order valence-electron chi connectivity index (χ2n) is 5.49. The highest BCUT2D eigenvalue weighted by Gasteiger charge is 2.14. The summed E-state index contributed by atoms with van der Waals surface area (Å²) in [5.74, 6) is -0.161. The summed E-state index contributed by atoms with van der Waals surface area (Å²) in [6.45, 7) is 8.15. The van der Waals surface area contributed by atoms with Crippen LogP contribution in [0.4, 0.5) is 0 Å². The van der Waals surface area contributed by atoms with E-state index in [2.05, 4.69) is 22.3 Å². The lowest BCUT2D eigenvalue weighted by molar-refractivity contribution is -0.120. The zero-order chi connectivity index (χ0) is 17.3. The first-order chi connectivity index (χ1) is 10.9. The molecule has 0 aromatic heterocycles. The second-order valence-corrected chi connectivity index (χ2v) is 7.26. The Morgan fingerprint density at radius 2 is 1.75 bits per heavy atom. The molecule has 1 rings (SSSR count). The first-order valence-electron chi connectivity index (χ1n) is 7.91. The molecule has 0 spiro atoms. The third-order valence-electron chi connectivity index (χ3n) is 3.48. The molecule has 0 saturated heterocycles. The molecule has 0 atom stereocenters. The fraction of sp³-hybridized carbons (Fsp3) is 0.562. The molecule has 1 aromatic carbocycles. The summed E-state index contributed by atoms with van der Waals surface area (Å²) in [4.78, 5) is 11.8. The molecular weight excluding hydrogens is 350 g/mol. The maximum atomic E-state index is 12.2. The van der Waals surface area contributed by atoms with Crippen molar-refractivity contribution in [1.82, 2.24) is 15.4 Å². The molecule has 0 fully saturated rings. The van der Waals surface area contributed by atoms with E-state index in [1.165, 1.54) is 0 Å². The Bertz CT molecular complexity index is 621. The minimum atomic E-state index is -3.57. The summed E-state index contributed by atoms with van der Waals surface area (Å²) in [5, 5.41) is 5.92. The predicted octanol–water partition coefficient (Wildman–Crippen LogP) is 1.51. The number of amides is 1. The van der Waals surface area contributed by atoms with E-state index in [-0.39, 0.29) is 36.2 Å². The molecule has 8 heteroatoms.